The number of hydrogen-bond donors (Lipinski definition) is 1. The molecule has 136 valence electrons. The molecule has 0 amide bonds. The maximum absolute atomic E-state index is 12.0. The van der Waals surface area contributed by atoms with E-state index in [2.05, 4.69) is 10.1 Å². The first-order chi connectivity index (χ1) is 12.5. The van der Waals surface area contributed by atoms with Crippen molar-refractivity contribution in [3.05, 3.63) is 52.2 Å². The molecule has 1 unspecified atom stereocenters. The number of carbonyl (C=O) groups excluding carboxylic acids is 1. The van der Waals surface area contributed by atoms with Gasteiger partial charge in [-0.05, 0) is 24.2 Å². The van der Waals surface area contributed by atoms with Crippen LogP contribution in [0, 0.1) is 0 Å². The molecule has 1 N–H and O–H groups in total. The topological polar surface area (TPSA) is 85.5 Å². The average Bonchev–Trinajstić information content (AvgIpc) is 3.24. The average molecular weight is 393 g/mol. The zero-order valence-electron chi connectivity index (χ0n) is 14.0. The quantitative estimate of drug-likeness (QED) is 0.598. The van der Waals surface area contributed by atoms with E-state index >= 15 is 0 Å². The Morgan fingerprint density at radius 2 is 2.15 bits per heavy atom. The maximum Gasteiger partial charge on any atom is 0.306 e. The number of aromatic hydroxyl groups is 1. The summed E-state index contributed by atoms with van der Waals surface area (Å²) in [5, 5.41) is 14.3. The van der Waals surface area contributed by atoms with Crippen LogP contribution >= 0.6 is 22.9 Å². The summed E-state index contributed by atoms with van der Waals surface area (Å²) in [4.78, 5) is 17.4. The Bertz CT molecular complexity index is 875. The van der Waals surface area contributed by atoms with Gasteiger partial charge in [0.15, 0.2) is 0 Å². The minimum Gasteiger partial charge on any atom is -0.491 e. The highest BCUT2D eigenvalue weighted by Crippen LogP contribution is 2.34. The van der Waals surface area contributed by atoms with Crippen molar-refractivity contribution in [1.82, 2.24) is 10.1 Å². The van der Waals surface area contributed by atoms with Crippen molar-refractivity contribution >= 4 is 28.9 Å². The Morgan fingerprint density at radius 3 is 2.81 bits per heavy atom. The molecule has 0 saturated carbocycles. The molecule has 0 aliphatic rings. The molecule has 3 rings (SSSR count). The molecule has 6 nitrogen and oxygen atoms in total. The van der Waals surface area contributed by atoms with E-state index in [1.54, 1.807) is 13.1 Å². The summed E-state index contributed by atoms with van der Waals surface area (Å²) in [6, 6.07) is 8.87. The Balaban J connectivity index is 1.83. The summed E-state index contributed by atoms with van der Waals surface area (Å²) >= 11 is 7.43. The summed E-state index contributed by atoms with van der Waals surface area (Å²) in [6.45, 7) is 2.10. The largest absolute Gasteiger partial charge is 0.491 e. The van der Waals surface area contributed by atoms with Crippen LogP contribution in [-0.2, 0) is 16.0 Å². The Labute approximate surface area is 159 Å². The zero-order chi connectivity index (χ0) is 18.5. The van der Waals surface area contributed by atoms with Gasteiger partial charge in [0, 0.05) is 40.1 Å². The van der Waals surface area contributed by atoms with Gasteiger partial charge in [-0.3, -0.25) is 4.79 Å². The number of nitrogens with zero attached hydrogens (tertiary/aromatic N) is 2. The fourth-order valence-corrected chi connectivity index (χ4v) is 3.68. The van der Waals surface area contributed by atoms with Crippen LogP contribution in [-0.4, -0.2) is 27.8 Å². The Hall–Kier alpha value is -2.38. The first kappa shape index (κ1) is 18.4. The fraction of sp³-hybridized carbons (Fsp3) is 0.278. The van der Waals surface area contributed by atoms with Gasteiger partial charge in [-0.2, -0.15) is 0 Å². The third-order valence-electron chi connectivity index (χ3n) is 3.73. The minimum absolute atomic E-state index is 0.180. The van der Waals surface area contributed by atoms with E-state index in [0.717, 1.165) is 15.4 Å². The minimum atomic E-state index is -0.289. The molecule has 1 atom stereocenters. The van der Waals surface area contributed by atoms with Crippen molar-refractivity contribution in [1.29, 1.82) is 0 Å². The van der Waals surface area contributed by atoms with Crippen LogP contribution in [0.15, 0.2) is 41.1 Å². The molecule has 8 heteroatoms. The molecule has 3 aromatic rings. The van der Waals surface area contributed by atoms with E-state index in [-0.39, 0.29) is 24.2 Å². The fourth-order valence-electron chi connectivity index (χ4n) is 2.54. The van der Waals surface area contributed by atoms with Crippen LogP contribution in [0.2, 0.25) is 5.02 Å². The normalized spacial score (nSPS) is 12.1. The molecule has 0 radical (unpaired) electrons. The van der Waals surface area contributed by atoms with Crippen molar-refractivity contribution in [3.63, 3.8) is 0 Å². The lowest BCUT2D eigenvalue weighted by molar-refractivity contribution is -0.143. The van der Waals surface area contributed by atoms with Crippen LogP contribution in [0.3, 0.4) is 0 Å². The van der Waals surface area contributed by atoms with Crippen LogP contribution in [0.5, 0.6) is 5.88 Å². The number of benzene rings is 1. The Morgan fingerprint density at radius 1 is 1.38 bits per heavy atom. The number of ether oxygens (including phenoxy) is 1. The molecule has 0 aliphatic carbocycles. The summed E-state index contributed by atoms with van der Waals surface area (Å²) in [7, 11) is 0. The van der Waals surface area contributed by atoms with Crippen molar-refractivity contribution < 1.29 is 19.2 Å². The smallest absolute Gasteiger partial charge is 0.306 e. The third kappa shape index (κ3) is 4.62. The van der Waals surface area contributed by atoms with Crippen LogP contribution in [0.25, 0.3) is 10.6 Å². The van der Waals surface area contributed by atoms with E-state index < -0.39 is 0 Å². The summed E-state index contributed by atoms with van der Waals surface area (Å²) in [5.74, 6) is -0.151. The summed E-state index contributed by atoms with van der Waals surface area (Å²) in [6.07, 6.45) is 2.36. The van der Waals surface area contributed by atoms with Crippen molar-refractivity contribution in [2.45, 2.75) is 25.7 Å². The van der Waals surface area contributed by atoms with Crippen LogP contribution in [0.1, 0.15) is 29.9 Å². The van der Waals surface area contributed by atoms with Crippen molar-refractivity contribution in [2.24, 2.45) is 0 Å². The molecular weight excluding hydrogens is 376 g/mol. The second-order valence-corrected chi connectivity index (χ2v) is 7.13. The van der Waals surface area contributed by atoms with Gasteiger partial charge in [-0.25, -0.2) is 4.98 Å². The zero-order valence-corrected chi connectivity index (χ0v) is 15.6. The number of esters is 1. The molecule has 2 heterocycles. The van der Waals surface area contributed by atoms with E-state index in [0.29, 0.717) is 23.8 Å². The molecule has 26 heavy (non-hydrogen) atoms. The lowest BCUT2D eigenvalue weighted by Crippen LogP contribution is -2.11. The van der Waals surface area contributed by atoms with E-state index in [1.165, 1.54) is 17.4 Å². The predicted octanol–water partition coefficient (Wildman–Crippen LogP) is 4.44. The second-order valence-electron chi connectivity index (χ2n) is 5.64. The number of aromatic nitrogens is 2. The molecule has 1 aromatic carbocycles. The van der Waals surface area contributed by atoms with Crippen LogP contribution in [0.4, 0.5) is 0 Å². The Kier molecular flexibility index (Phi) is 5.90. The molecule has 2 aromatic heterocycles. The monoisotopic (exact) mass is 392 g/mol. The number of halogens is 1. The molecule has 0 aliphatic heterocycles. The first-order valence-electron chi connectivity index (χ1n) is 8.07. The van der Waals surface area contributed by atoms with Crippen LogP contribution < -0.4 is 0 Å². The van der Waals surface area contributed by atoms with Gasteiger partial charge in [0.1, 0.15) is 10.8 Å². The van der Waals surface area contributed by atoms with Gasteiger partial charge >= 0.3 is 5.97 Å². The first-order valence-corrected chi connectivity index (χ1v) is 9.26. The van der Waals surface area contributed by atoms with Gasteiger partial charge in [0.2, 0.25) is 0 Å². The molecular formula is C18H17ClN2O4S. The van der Waals surface area contributed by atoms with Crippen molar-refractivity contribution in [3.8, 4) is 16.5 Å². The number of hydrogen-bond acceptors (Lipinski definition) is 7. The van der Waals surface area contributed by atoms with Gasteiger partial charge in [-0.1, -0.05) is 23.7 Å². The third-order valence-corrected chi connectivity index (χ3v) is 5.19. The number of thiazole rings is 1. The van der Waals surface area contributed by atoms with Gasteiger partial charge in [-0.15, -0.1) is 11.3 Å². The van der Waals surface area contributed by atoms with Gasteiger partial charge < -0.3 is 14.4 Å². The lowest BCUT2D eigenvalue weighted by Gasteiger charge is -2.12. The second kappa shape index (κ2) is 8.33. The number of rotatable bonds is 7. The highest BCUT2D eigenvalue weighted by Gasteiger charge is 2.22. The SMILES string of the molecule is CCOC(=O)CC(Cc1cc(O)no1)c1cnc(-c2ccc(Cl)cc2)s1. The summed E-state index contributed by atoms with van der Waals surface area (Å²) in [5.41, 5.74) is 0.956. The standard InChI is InChI=1S/C18H17ClN2O4S/c1-2-24-17(23)8-12(7-14-9-16(22)21-25-14)15-10-20-18(26-15)11-3-5-13(19)6-4-11/h3-6,9-10,12H,2,7-8H2,1H3,(H,21,22). The van der Waals surface area contributed by atoms with Crippen molar-refractivity contribution in [2.75, 3.05) is 6.61 Å². The van der Waals surface area contributed by atoms with Gasteiger partial charge in [0.25, 0.3) is 5.88 Å². The van der Waals surface area contributed by atoms with E-state index in [4.69, 9.17) is 20.9 Å². The number of carbonyl (C=O) groups is 1. The van der Waals surface area contributed by atoms with E-state index in [1.807, 2.05) is 24.3 Å². The molecule has 0 bridgehead atoms. The maximum atomic E-state index is 12.0. The molecule has 0 fully saturated rings. The lowest BCUT2D eigenvalue weighted by atomic mass is 9.98. The molecule has 0 spiro atoms. The van der Waals surface area contributed by atoms with Gasteiger partial charge in [0.05, 0.1) is 13.0 Å². The molecule has 0 saturated heterocycles. The predicted molar refractivity (Wildman–Crippen MR) is 98.4 cm³/mol. The van der Waals surface area contributed by atoms with E-state index in [9.17, 15) is 9.90 Å². The summed E-state index contributed by atoms with van der Waals surface area (Å²) < 4.78 is 10.2. The highest BCUT2D eigenvalue weighted by molar-refractivity contribution is 7.15. The highest BCUT2D eigenvalue weighted by atomic mass is 35.5.